The van der Waals surface area contributed by atoms with Crippen LogP contribution in [0.5, 0.6) is 5.75 Å². The van der Waals surface area contributed by atoms with Crippen LogP contribution < -0.4 is 4.74 Å². The third-order valence-corrected chi connectivity index (χ3v) is 5.17. The van der Waals surface area contributed by atoms with Gasteiger partial charge in [0, 0.05) is 24.0 Å². The fraction of sp³-hybridized carbons (Fsp3) is 0.391. The van der Waals surface area contributed by atoms with E-state index in [-0.39, 0.29) is 11.8 Å². The van der Waals surface area contributed by atoms with E-state index in [1.807, 2.05) is 0 Å². The molecule has 1 fully saturated rings. The second-order valence-electron chi connectivity index (χ2n) is 7.18. The minimum absolute atomic E-state index is 0.00678. The van der Waals surface area contributed by atoms with Crippen molar-refractivity contribution in [1.82, 2.24) is 0 Å². The Kier molecular flexibility index (Phi) is 6.38. The molecular formula is C23H25FO3. The number of benzene rings is 2. The summed E-state index contributed by atoms with van der Waals surface area (Å²) in [6, 6.07) is 11.2. The number of ketones is 1. The first-order valence-electron chi connectivity index (χ1n) is 9.70. The summed E-state index contributed by atoms with van der Waals surface area (Å²) in [6.45, 7) is 1.79. The Bertz CT molecular complexity index is 822. The first-order chi connectivity index (χ1) is 13.1. The van der Waals surface area contributed by atoms with Crippen LogP contribution in [0.3, 0.4) is 0 Å². The van der Waals surface area contributed by atoms with Gasteiger partial charge in [-0.1, -0.05) is 44.4 Å². The third-order valence-electron chi connectivity index (χ3n) is 5.17. The van der Waals surface area contributed by atoms with Gasteiger partial charge in [-0.25, -0.2) is 4.39 Å². The van der Waals surface area contributed by atoms with E-state index in [0.29, 0.717) is 41.2 Å². The van der Waals surface area contributed by atoms with Crippen LogP contribution in [0.15, 0.2) is 42.5 Å². The van der Waals surface area contributed by atoms with Crippen LogP contribution in [0.2, 0.25) is 0 Å². The number of hydrogen-bond donors (Lipinski definition) is 0. The van der Waals surface area contributed by atoms with E-state index < -0.39 is 5.82 Å². The minimum Gasteiger partial charge on any atom is -0.426 e. The molecule has 0 radical (unpaired) electrons. The van der Waals surface area contributed by atoms with Crippen molar-refractivity contribution in [2.24, 2.45) is 5.92 Å². The molecule has 4 heteroatoms. The molecule has 0 heterocycles. The van der Waals surface area contributed by atoms with Crippen LogP contribution >= 0.6 is 0 Å². The molecule has 3 rings (SSSR count). The second-order valence-corrected chi connectivity index (χ2v) is 7.18. The number of hydrogen-bond acceptors (Lipinski definition) is 3. The van der Waals surface area contributed by atoms with Gasteiger partial charge in [0.2, 0.25) is 0 Å². The molecule has 2 aromatic carbocycles. The summed E-state index contributed by atoms with van der Waals surface area (Å²) in [5, 5.41) is 0. The largest absolute Gasteiger partial charge is 0.426 e. The number of halogens is 1. The quantitative estimate of drug-likeness (QED) is 0.359. The van der Waals surface area contributed by atoms with E-state index in [9.17, 15) is 14.0 Å². The zero-order chi connectivity index (χ0) is 19.2. The minimum atomic E-state index is -0.414. The van der Waals surface area contributed by atoms with Gasteiger partial charge in [-0.15, -0.1) is 0 Å². The molecule has 0 atom stereocenters. The van der Waals surface area contributed by atoms with E-state index in [4.69, 9.17) is 4.74 Å². The monoisotopic (exact) mass is 368 g/mol. The molecule has 0 aliphatic heterocycles. The van der Waals surface area contributed by atoms with Crippen molar-refractivity contribution in [2.45, 2.75) is 51.9 Å². The van der Waals surface area contributed by atoms with Crippen LogP contribution in [0.4, 0.5) is 4.39 Å². The lowest BCUT2D eigenvalue weighted by Crippen LogP contribution is -2.16. The van der Waals surface area contributed by atoms with Crippen molar-refractivity contribution in [2.75, 3.05) is 0 Å². The van der Waals surface area contributed by atoms with Crippen molar-refractivity contribution in [3.8, 4) is 16.9 Å². The van der Waals surface area contributed by atoms with Crippen LogP contribution in [-0.2, 0) is 4.79 Å². The first kappa shape index (κ1) is 19.3. The zero-order valence-corrected chi connectivity index (χ0v) is 15.7. The number of Topliss-reactive ketones (excluding diaryl/α,β-unsaturated/α-hetero) is 1. The Hall–Kier alpha value is -2.49. The number of carbonyl (C=O) groups is 2. The van der Waals surface area contributed by atoms with Gasteiger partial charge in [0.15, 0.2) is 5.78 Å². The van der Waals surface area contributed by atoms with E-state index in [1.165, 1.54) is 37.5 Å². The van der Waals surface area contributed by atoms with Gasteiger partial charge >= 0.3 is 5.97 Å². The smallest absolute Gasteiger partial charge is 0.311 e. The van der Waals surface area contributed by atoms with Crippen LogP contribution in [0.25, 0.3) is 11.1 Å². The van der Waals surface area contributed by atoms with Crippen LogP contribution in [0, 0.1) is 11.7 Å². The van der Waals surface area contributed by atoms with Gasteiger partial charge < -0.3 is 4.74 Å². The highest BCUT2D eigenvalue weighted by Gasteiger charge is 2.19. The van der Waals surface area contributed by atoms with Gasteiger partial charge in [-0.05, 0) is 48.6 Å². The molecule has 1 aliphatic rings. The molecule has 142 valence electrons. The molecule has 0 amide bonds. The summed E-state index contributed by atoms with van der Waals surface area (Å²) in [7, 11) is 0. The maximum Gasteiger partial charge on any atom is 0.311 e. The lowest BCUT2D eigenvalue weighted by molar-refractivity contribution is -0.135. The lowest BCUT2D eigenvalue weighted by Gasteiger charge is -2.20. The highest BCUT2D eigenvalue weighted by molar-refractivity contribution is 5.97. The van der Waals surface area contributed by atoms with Gasteiger partial charge in [0.25, 0.3) is 0 Å². The molecule has 0 spiro atoms. The maximum absolute atomic E-state index is 14.4. The molecule has 0 saturated heterocycles. The summed E-state index contributed by atoms with van der Waals surface area (Å²) in [6.07, 6.45) is 6.53. The maximum atomic E-state index is 14.4. The van der Waals surface area contributed by atoms with Crippen molar-refractivity contribution in [1.29, 1.82) is 0 Å². The Labute approximate surface area is 159 Å². The summed E-state index contributed by atoms with van der Waals surface area (Å²) >= 11 is 0. The number of esters is 1. The Morgan fingerprint density at radius 1 is 1.07 bits per heavy atom. The van der Waals surface area contributed by atoms with Crippen molar-refractivity contribution in [3.05, 3.63) is 53.8 Å². The van der Waals surface area contributed by atoms with Gasteiger partial charge in [0.1, 0.15) is 11.6 Å². The average Bonchev–Trinajstić information content (AvgIpc) is 2.69. The van der Waals surface area contributed by atoms with E-state index >= 15 is 0 Å². The van der Waals surface area contributed by atoms with E-state index in [1.54, 1.807) is 31.2 Å². The first-order valence-corrected chi connectivity index (χ1v) is 9.70. The molecule has 1 saturated carbocycles. The molecule has 0 bridgehead atoms. The highest BCUT2D eigenvalue weighted by atomic mass is 19.1. The highest BCUT2D eigenvalue weighted by Crippen LogP contribution is 2.30. The summed E-state index contributed by atoms with van der Waals surface area (Å²) in [5.74, 6) is 0.0483. The second kappa shape index (κ2) is 8.94. The van der Waals surface area contributed by atoms with Gasteiger partial charge in [-0.3, -0.25) is 9.59 Å². The van der Waals surface area contributed by atoms with Gasteiger partial charge in [0.05, 0.1) is 0 Å². The summed E-state index contributed by atoms with van der Waals surface area (Å²) in [5.41, 5.74) is 1.47. The molecule has 0 unspecified atom stereocenters. The SMILES string of the molecule is CCC(=O)c1cccc(-c2cc(OC(=O)CC3CCCCC3)ccc2F)c1. The average molecular weight is 368 g/mol. The predicted molar refractivity (Wildman–Crippen MR) is 103 cm³/mol. The molecule has 27 heavy (non-hydrogen) atoms. The molecule has 3 nitrogen and oxygen atoms in total. The summed E-state index contributed by atoms with van der Waals surface area (Å²) in [4.78, 5) is 24.2. The van der Waals surface area contributed by atoms with E-state index in [2.05, 4.69) is 0 Å². The Morgan fingerprint density at radius 3 is 2.59 bits per heavy atom. The topological polar surface area (TPSA) is 43.4 Å². The van der Waals surface area contributed by atoms with Crippen LogP contribution in [-0.4, -0.2) is 11.8 Å². The normalized spacial score (nSPS) is 14.7. The van der Waals surface area contributed by atoms with Crippen LogP contribution in [0.1, 0.15) is 62.2 Å². The molecule has 1 aliphatic carbocycles. The van der Waals surface area contributed by atoms with Gasteiger partial charge in [-0.2, -0.15) is 0 Å². The van der Waals surface area contributed by atoms with Crippen molar-refractivity contribution >= 4 is 11.8 Å². The zero-order valence-electron chi connectivity index (χ0n) is 15.7. The predicted octanol–water partition coefficient (Wildman–Crippen LogP) is 5.96. The standard InChI is InChI=1S/C23H25FO3/c1-2-22(25)18-10-6-9-17(14-18)20-15-19(11-12-21(20)24)27-23(26)13-16-7-4-3-5-8-16/h6,9-12,14-16H,2-5,7-8,13H2,1H3. The molecule has 0 N–H and O–H groups in total. The Morgan fingerprint density at radius 2 is 1.85 bits per heavy atom. The fourth-order valence-electron chi connectivity index (χ4n) is 3.65. The van der Waals surface area contributed by atoms with Crippen molar-refractivity contribution in [3.63, 3.8) is 0 Å². The Balaban J connectivity index is 1.76. The number of ether oxygens (including phenoxy) is 1. The fourth-order valence-corrected chi connectivity index (χ4v) is 3.65. The summed E-state index contributed by atoms with van der Waals surface area (Å²) < 4.78 is 19.8. The molecule has 2 aromatic rings. The lowest BCUT2D eigenvalue weighted by atomic mass is 9.87. The van der Waals surface area contributed by atoms with E-state index in [0.717, 1.165) is 12.8 Å². The number of carbonyl (C=O) groups excluding carboxylic acids is 2. The van der Waals surface area contributed by atoms with Crippen molar-refractivity contribution < 1.29 is 18.7 Å². The number of rotatable bonds is 6. The molecular weight excluding hydrogens is 343 g/mol. The third kappa shape index (κ3) is 5.03. The molecule has 0 aromatic heterocycles.